The highest BCUT2D eigenvalue weighted by molar-refractivity contribution is 9.18. The van der Waals surface area contributed by atoms with Crippen molar-refractivity contribution in [2.24, 2.45) is 4.99 Å². The predicted molar refractivity (Wildman–Crippen MR) is 62.5 cm³/mol. The molecule has 14 heavy (non-hydrogen) atoms. The number of allylic oxidation sites excluding steroid dienone is 1. The first-order valence-corrected chi connectivity index (χ1v) is 5.46. The maximum absolute atomic E-state index is 5.21. The molecule has 0 unspecified atom stereocenters. The summed E-state index contributed by atoms with van der Waals surface area (Å²) < 4.78 is 6.02. The molecule has 3 nitrogen and oxygen atoms in total. The molecule has 0 saturated heterocycles. The first-order chi connectivity index (χ1) is 6.71. The van der Waals surface area contributed by atoms with E-state index < -0.39 is 0 Å². The summed E-state index contributed by atoms with van der Waals surface area (Å²) in [4.78, 5) is 6.49. The fourth-order valence-corrected chi connectivity index (χ4v) is 1.62. The molecule has 0 atom stereocenters. The van der Waals surface area contributed by atoms with Crippen molar-refractivity contribution in [3.63, 3.8) is 0 Å². The Morgan fingerprint density at radius 3 is 2.64 bits per heavy atom. The number of hydrogen-bond acceptors (Lipinski definition) is 3. The van der Waals surface area contributed by atoms with Crippen LogP contribution < -0.4 is 0 Å². The molecule has 0 aliphatic carbocycles. The maximum atomic E-state index is 5.21. The molecular formula is C10H15BrN2O. The summed E-state index contributed by atoms with van der Waals surface area (Å²) in [6, 6.07) is 0. The fourth-order valence-electron chi connectivity index (χ4n) is 1.22. The molecule has 0 N–H and O–H groups in total. The number of ether oxygens (including phenoxy) is 1. The van der Waals surface area contributed by atoms with Crippen molar-refractivity contribution in [3.05, 3.63) is 23.7 Å². The van der Waals surface area contributed by atoms with Gasteiger partial charge in [0.25, 0.3) is 0 Å². The van der Waals surface area contributed by atoms with Gasteiger partial charge in [0.15, 0.2) is 0 Å². The zero-order valence-corrected chi connectivity index (χ0v) is 10.3. The van der Waals surface area contributed by atoms with Gasteiger partial charge in [0.1, 0.15) is 16.1 Å². The molecule has 1 rings (SSSR count). The Morgan fingerprint density at radius 2 is 2.14 bits per heavy atom. The molecule has 0 aromatic rings. The van der Waals surface area contributed by atoms with Gasteiger partial charge in [-0.15, -0.1) is 0 Å². The van der Waals surface area contributed by atoms with Crippen molar-refractivity contribution in [1.82, 2.24) is 4.90 Å². The summed E-state index contributed by atoms with van der Waals surface area (Å²) in [6.07, 6.45) is 3.89. The van der Waals surface area contributed by atoms with Crippen LogP contribution in [0.3, 0.4) is 0 Å². The number of hydrogen-bond donors (Lipinski definition) is 0. The minimum Gasteiger partial charge on any atom is -0.494 e. The van der Waals surface area contributed by atoms with Crippen LogP contribution in [0, 0.1) is 0 Å². The van der Waals surface area contributed by atoms with Gasteiger partial charge in [-0.25, -0.2) is 4.99 Å². The molecule has 0 fully saturated rings. The maximum Gasteiger partial charge on any atom is 0.148 e. The molecule has 0 bridgehead atoms. The molecule has 0 aromatic heterocycles. The van der Waals surface area contributed by atoms with Crippen LogP contribution in [0.2, 0.25) is 0 Å². The van der Waals surface area contributed by atoms with Crippen molar-refractivity contribution < 1.29 is 4.74 Å². The van der Waals surface area contributed by atoms with Gasteiger partial charge in [0.2, 0.25) is 0 Å². The van der Waals surface area contributed by atoms with E-state index in [0.29, 0.717) is 0 Å². The molecule has 1 heterocycles. The molecule has 1 aliphatic heterocycles. The van der Waals surface area contributed by atoms with Crippen LogP contribution in [0.1, 0.15) is 13.8 Å². The SMILES string of the molecule is CCN(/C=C1/N=C(Br)C=C1OC)CC. The number of halogens is 1. The Bertz CT molecular complexity index is 290. The molecular weight excluding hydrogens is 244 g/mol. The van der Waals surface area contributed by atoms with Crippen molar-refractivity contribution in [2.45, 2.75) is 13.8 Å². The van der Waals surface area contributed by atoms with E-state index in [2.05, 4.69) is 39.7 Å². The van der Waals surface area contributed by atoms with Gasteiger partial charge < -0.3 is 9.64 Å². The number of nitrogens with zero attached hydrogens (tertiary/aromatic N) is 2. The van der Waals surface area contributed by atoms with Crippen LogP contribution in [-0.2, 0) is 4.74 Å². The molecule has 4 heteroatoms. The fraction of sp³-hybridized carbons (Fsp3) is 0.500. The van der Waals surface area contributed by atoms with Gasteiger partial charge in [-0.05, 0) is 29.8 Å². The smallest absolute Gasteiger partial charge is 0.148 e. The minimum absolute atomic E-state index is 0.809. The zero-order valence-electron chi connectivity index (χ0n) is 8.75. The highest BCUT2D eigenvalue weighted by Gasteiger charge is 2.13. The van der Waals surface area contributed by atoms with Gasteiger partial charge >= 0.3 is 0 Å². The van der Waals surface area contributed by atoms with Crippen molar-refractivity contribution in [1.29, 1.82) is 0 Å². The summed E-state index contributed by atoms with van der Waals surface area (Å²) >= 11 is 3.33. The second-order valence-corrected chi connectivity index (χ2v) is 3.70. The largest absolute Gasteiger partial charge is 0.494 e. The zero-order chi connectivity index (χ0) is 10.6. The summed E-state index contributed by atoms with van der Waals surface area (Å²) in [5.41, 5.74) is 0.878. The van der Waals surface area contributed by atoms with Gasteiger partial charge in [-0.1, -0.05) is 0 Å². The summed E-state index contributed by atoms with van der Waals surface area (Å²) in [5, 5.41) is 0. The predicted octanol–water partition coefficient (Wildman–Crippen LogP) is 2.51. The lowest BCUT2D eigenvalue weighted by Gasteiger charge is -2.16. The lowest BCUT2D eigenvalue weighted by Crippen LogP contribution is -2.16. The lowest BCUT2D eigenvalue weighted by atomic mass is 10.4. The Balaban J connectivity index is 2.82. The Morgan fingerprint density at radius 1 is 1.50 bits per heavy atom. The highest BCUT2D eigenvalue weighted by Crippen LogP contribution is 2.22. The third-order valence-electron chi connectivity index (χ3n) is 2.07. The first-order valence-electron chi connectivity index (χ1n) is 4.67. The summed E-state index contributed by atoms with van der Waals surface area (Å²) in [6.45, 7) is 6.18. The highest BCUT2D eigenvalue weighted by atomic mass is 79.9. The van der Waals surface area contributed by atoms with E-state index in [0.717, 1.165) is 29.2 Å². The number of methoxy groups -OCH3 is 1. The van der Waals surface area contributed by atoms with Gasteiger partial charge in [0, 0.05) is 25.4 Å². The topological polar surface area (TPSA) is 24.8 Å². The van der Waals surface area contributed by atoms with E-state index in [1.807, 2.05) is 12.3 Å². The summed E-state index contributed by atoms with van der Waals surface area (Å²) in [7, 11) is 1.66. The van der Waals surface area contributed by atoms with Crippen LogP contribution in [0.25, 0.3) is 0 Å². The third-order valence-corrected chi connectivity index (χ3v) is 2.47. The van der Waals surface area contributed by atoms with Gasteiger partial charge in [-0.3, -0.25) is 0 Å². The number of rotatable bonds is 4. The molecule has 1 aliphatic rings. The van der Waals surface area contributed by atoms with Crippen LogP contribution in [0.5, 0.6) is 0 Å². The average Bonchev–Trinajstić information content (AvgIpc) is 2.55. The molecule has 0 saturated carbocycles. The van der Waals surface area contributed by atoms with Gasteiger partial charge in [0.05, 0.1) is 7.11 Å². The quantitative estimate of drug-likeness (QED) is 0.774. The van der Waals surface area contributed by atoms with Crippen molar-refractivity contribution >= 4 is 20.6 Å². The second kappa shape index (κ2) is 5.20. The van der Waals surface area contributed by atoms with Crippen LogP contribution >= 0.6 is 15.9 Å². The monoisotopic (exact) mass is 258 g/mol. The third kappa shape index (κ3) is 2.61. The summed E-state index contributed by atoms with van der Waals surface area (Å²) in [5.74, 6) is 0.809. The van der Waals surface area contributed by atoms with E-state index in [1.165, 1.54) is 0 Å². The van der Waals surface area contributed by atoms with E-state index in [-0.39, 0.29) is 0 Å². The molecule has 0 aromatic carbocycles. The minimum atomic E-state index is 0.809. The second-order valence-electron chi connectivity index (χ2n) is 2.88. The van der Waals surface area contributed by atoms with E-state index in [1.54, 1.807) is 7.11 Å². The van der Waals surface area contributed by atoms with Gasteiger partial charge in [-0.2, -0.15) is 0 Å². The van der Waals surface area contributed by atoms with E-state index in [9.17, 15) is 0 Å². The Labute approximate surface area is 93.3 Å². The Hall–Kier alpha value is -0.770. The Kier molecular flexibility index (Phi) is 4.20. The molecule has 0 amide bonds. The van der Waals surface area contributed by atoms with E-state index in [4.69, 9.17) is 4.74 Å². The average molecular weight is 259 g/mol. The van der Waals surface area contributed by atoms with Crippen LogP contribution in [0.15, 0.2) is 28.7 Å². The lowest BCUT2D eigenvalue weighted by molar-refractivity contribution is 0.299. The first kappa shape index (κ1) is 11.3. The standard InChI is InChI=1S/C10H15BrN2O/c1-4-13(5-2)7-8-9(14-3)6-10(11)12-8/h6-7H,4-5H2,1-3H3/b8-7+. The van der Waals surface area contributed by atoms with Crippen molar-refractivity contribution in [2.75, 3.05) is 20.2 Å². The molecule has 0 spiro atoms. The molecule has 0 radical (unpaired) electrons. The molecule has 78 valence electrons. The van der Waals surface area contributed by atoms with E-state index >= 15 is 0 Å². The van der Waals surface area contributed by atoms with Crippen LogP contribution in [-0.4, -0.2) is 29.7 Å². The number of aliphatic imine (C=N–C) groups is 1. The van der Waals surface area contributed by atoms with Crippen LogP contribution in [0.4, 0.5) is 0 Å². The van der Waals surface area contributed by atoms with Crippen molar-refractivity contribution in [3.8, 4) is 0 Å². The normalized spacial score (nSPS) is 18.1.